The average Bonchev–Trinajstić information content (AvgIpc) is 2.83. The smallest absolute Gasteiger partial charge is 0.319 e. The van der Waals surface area contributed by atoms with Gasteiger partial charge in [-0.1, -0.05) is 0 Å². The number of nitrogens with one attached hydrogen (secondary N) is 2. The fourth-order valence-corrected chi connectivity index (χ4v) is 2.31. The van der Waals surface area contributed by atoms with Gasteiger partial charge in [-0.25, -0.2) is 4.79 Å². The van der Waals surface area contributed by atoms with Crippen molar-refractivity contribution < 1.29 is 14.3 Å². The zero-order valence-electron chi connectivity index (χ0n) is 12.6. The molecule has 0 aliphatic carbocycles. The van der Waals surface area contributed by atoms with Crippen LogP contribution in [0.4, 0.5) is 16.2 Å². The van der Waals surface area contributed by atoms with E-state index in [-0.39, 0.29) is 18.0 Å². The van der Waals surface area contributed by atoms with Gasteiger partial charge >= 0.3 is 6.03 Å². The number of ether oxygens (including phenoxy) is 1. The van der Waals surface area contributed by atoms with Gasteiger partial charge in [-0.05, 0) is 32.4 Å². The third kappa shape index (κ3) is 3.65. The summed E-state index contributed by atoms with van der Waals surface area (Å²) in [5, 5.41) is 5.49. The molecule has 114 valence electrons. The fourth-order valence-electron chi connectivity index (χ4n) is 2.31. The third-order valence-electron chi connectivity index (χ3n) is 3.22. The summed E-state index contributed by atoms with van der Waals surface area (Å²) < 4.78 is 5.34. The van der Waals surface area contributed by atoms with Crippen molar-refractivity contribution in [1.82, 2.24) is 5.32 Å². The summed E-state index contributed by atoms with van der Waals surface area (Å²) in [6.07, 6.45) is 1.43. The first-order valence-corrected chi connectivity index (χ1v) is 7.07. The maximum atomic E-state index is 11.8. The highest BCUT2D eigenvalue weighted by Gasteiger charge is 2.24. The number of hydrogen-bond acceptors (Lipinski definition) is 3. The number of benzene rings is 1. The van der Waals surface area contributed by atoms with Crippen molar-refractivity contribution in [2.45, 2.75) is 32.7 Å². The molecule has 6 heteroatoms. The number of methoxy groups -OCH3 is 1. The summed E-state index contributed by atoms with van der Waals surface area (Å²) in [4.78, 5) is 25.2. The number of urea groups is 1. The largest absolute Gasteiger partial charge is 0.494 e. The highest BCUT2D eigenvalue weighted by molar-refractivity contribution is 5.97. The zero-order valence-corrected chi connectivity index (χ0v) is 12.6. The number of rotatable bonds is 4. The molecule has 3 amide bonds. The lowest BCUT2D eigenvalue weighted by Crippen LogP contribution is -2.34. The number of amides is 3. The lowest BCUT2D eigenvalue weighted by molar-refractivity contribution is -0.117. The van der Waals surface area contributed by atoms with Crippen molar-refractivity contribution in [2.24, 2.45) is 0 Å². The van der Waals surface area contributed by atoms with Gasteiger partial charge < -0.3 is 20.3 Å². The van der Waals surface area contributed by atoms with Gasteiger partial charge in [0.05, 0.1) is 12.8 Å². The molecule has 6 nitrogen and oxygen atoms in total. The van der Waals surface area contributed by atoms with Crippen molar-refractivity contribution in [1.29, 1.82) is 0 Å². The van der Waals surface area contributed by atoms with Crippen molar-refractivity contribution in [3.8, 4) is 5.75 Å². The molecule has 0 unspecified atom stereocenters. The van der Waals surface area contributed by atoms with Crippen LogP contribution in [0.1, 0.15) is 26.7 Å². The second-order valence-electron chi connectivity index (χ2n) is 5.29. The van der Waals surface area contributed by atoms with Crippen LogP contribution in [-0.4, -0.2) is 31.6 Å². The summed E-state index contributed by atoms with van der Waals surface area (Å²) in [7, 11) is 1.55. The summed E-state index contributed by atoms with van der Waals surface area (Å²) in [6, 6.07) is 5.09. The molecule has 0 spiro atoms. The van der Waals surface area contributed by atoms with Gasteiger partial charge in [0.25, 0.3) is 0 Å². The van der Waals surface area contributed by atoms with E-state index in [4.69, 9.17) is 4.74 Å². The van der Waals surface area contributed by atoms with Crippen LogP contribution in [0, 0.1) is 0 Å². The Kier molecular flexibility index (Phi) is 4.67. The Balaban J connectivity index is 2.16. The van der Waals surface area contributed by atoms with Crippen molar-refractivity contribution >= 4 is 23.3 Å². The van der Waals surface area contributed by atoms with Gasteiger partial charge in [-0.2, -0.15) is 0 Å². The average molecular weight is 291 g/mol. The quantitative estimate of drug-likeness (QED) is 0.894. The van der Waals surface area contributed by atoms with Gasteiger partial charge in [0.1, 0.15) is 5.75 Å². The van der Waals surface area contributed by atoms with Crippen LogP contribution in [0.25, 0.3) is 0 Å². The van der Waals surface area contributed by atoms with E-state index >= 15 is 0 Å². The maximum absolute atomic E-state index is 11.8. The van der Waals surface area contributed by atoms with Gasteiger partial charge in [0, 0.05) is 30.8 Å². The summed E-state index contributed by atoms with van der Waals surface area (Å²) in [5.74, 6) is 0.680. The van der Waals surface area contributed by atoms with Crippen LogP contribution in [0.2, 0.25) is 0 Å². The lowest BCUT2D eigenvalue weighted by atomic mass is 10.2. The second-order valence-corrected chi connectivity index (χ2v) is 5.29. The first kappa shape index (κ1) is 15.2. The molecule has 1 aliphatic rings. The van der Waals surface area contributed by atoms with E-state index in [2.05, 4.69) is 10.6 Å². The molecule has 0 bridgehead atoms. The molecule has 2 N–H and O–H groups in total. The highest BCUT2D eigenvalue weighted by Crippen LogP contribution is 2.33. The fraction of sp³-hybridized carbons (Fsp3) is 0.467. The topological polar surface area (TPSA) is 70.7 Å². The van der Waals surface area contributed by atoms with E-state index in [0.29, 0.717) is 24.4 Å². The number of anilines is 2. The number of carbonyl (C=O) groups is 2. The summed E-state index contributed by atoms with van der Waals surface area (Å²) in [5.41, 5.74) is 1.37. The maximum Gasteiger partial charge on any atom is 0.319 e. The van der Waals surface area contributed by atoms with Gasteiger partial charge in [0.2, 0.25) is 5.91 Å². The number of carbonyl (C=O) groups excluding carboxylic acids is 2. The Labute approximate surface area is 124 Å². The van der Waals surface area contributed by atoms with Crippen LogP contribution < -0.4 is 20.3 Å². The van der Waals surface area contributed by atoms with E-state index < -0.39 is 0 Å². The Hall–Kier alpha value is -2.24. The monoisotopic (exact) mass is 291 g/mol. The lowest BCUT2D eigenvalue weighted by Gasteiger charge is -2.20. The molecule has 0 saturated carbocycles. The first-order valence-electron chi connectivity index (χ1n) is 7.07. The SMILES string of the molecule is COc1cc(NC(=O)NC(C)C)ccc1N1CCCC1=O. The van der Waals surface area contributed by atoms with Crippen molar-refractivity contribution in [3.05, 3.63) is 18.2 Å². The molecular weight excluding hydrogens is 270 g/mol. The molecule has 1 aromatic carbocycles. The van der Waals surface area contributed by atoms with E-state index in [9.17, 15) is 9.59 Å². The second kappa shape index (κ2) is 6.47. The van der Waals surface area contributed by atoms with E-state index in [1.807, 2.05) is 13.8 Å². The van der Waals surface area contributed by atoms with Crippen LogP contribution in [0.3, 0.4) is 0 Å². The van der Waals surface area contributed by atoms with E-state index in [0.717, 1.165) is 12.1 Å². The molecule has 1 aliphatic heterocycles. The van der Waals surface area contributed by atoms with Crippen molar-refractivity contribution in [3.63, 3.8) is 0 Å². The molecule has 2 rings (SSSR count). The molecule has 1 aromatic rings. The van der Waals surface area contributed by atoms with E-state index in [1.165, 1.54) is 0 Å². The van der Waals surface area contributed by atoms with Crippen LogP contribution in [-0.2, 0) is 4.79 Å². The minimum absolute atomic E-state index is 0.0633. The summed E-state index contributed by atoms with van der Waals surface area (Å²) in [6.45, 7) is 4.49. The van der Waals surface area contributed by atoms with Crippen LogP contribution >= 0.6 is 0 Å². The zero-order chi connectivity index (χ0) is 15.4. The van der Waals surface area contributed by atoms with Gasteiger partial charge in [0.15, 0.2) is 0 Å². The molecule has 0 atom stereocenters. The molecule has 21 heavy (non-hydrogen) atoms. The Morgan fingerprint density at radius 1 is 1.38 bits per heavy atom. The Morgan fingerprint density at radius 2 is 2.14 bits per heavy atom. The minimum Gasteiger partial charge on any atom is -0.494 e. The van der Waals surface area contributed by atoms with Crippen molar-refractivity contribution in [2.75, 3.05) is 23.9 Å². The standard InChI is InChI=1S/C15H21N3O3/c1-10(2)16-15(20)17-11-6-7-12(13(9-11)21-3)18-8-4-5-14(18)19/h6-7,9-10H,4-5,8H2,1-3H3,(H2,16,17,20). The molecule has 1 heterocycles. The number of nitrogens with zero attached hydrogens (tertiary/aromatic N) is 1. The van der Waals surface area contributed by atoms with Gasteiger partial charge in [-0.3, -0.25) is 4.79 Å². The third-order valence-corrected chi connectivity index (χ3v) is 3.22. The predicted octanol–water partition coefficient (Wildman–Crippen LogP) is 2.35. The van der Waals surface area contributed by atoms with Crippen LogP contribution in [0.5, 0.6) is 5.75 Å². The molecular formula is C15H21N3O3. The predicted molar refractivity (Wildman–Crippen MR) is 81.9 cm³/mol. The minimum atomic E-state index is -0.267. The highest BCUT2D eigenvalue weighted by atomic mass is 16.5. The Bertz CT molecular complexity index is 543. The number of hydrogen-bond donors (Lipinski definition) is 2. The van der Waals surface area contributed by atoms with Crippen LogP contribution in [0.15, 0.2) is 18.2 Å². The first-order chi connectivity index (χ1) is 10.0. The normalized spacial score (nSPS) is 14.5. The molecule has 0 aromatic heterocycles. The van der Waals surface area contributed by atoms with E-state index in [1.54, 1.807) is 30.2 Å². The summed E-state index contributed by atoms with van der Waals surface area (Å²) >= 11 is 0. The molecule has 1 fully saturated rings. The molecule has 1 saturated heterocycles. The molecule has 0 radical (unpaired) electrons. The van der Waals surface area contributed by atoms with Gasteiger partial charge in [-0.15, -0.1) is 0 Å². The Morgan fingerprint density at radius 3 is 2.71 bits per heavy atom.